The van der Waals surface area contributed by atoms with Crippen molar-refractivity contribution in [2.24, 2.45) is 5.92 Å². The number of hydrogen-bond donors (Lipinski definition) is 1. The van der Waals surface area contributed by atoms with Crippen molar-refractivity contribution in [2.45, 2.75) is 38.3 Å². The topological polar surface area (TPSA) is 15.3 Å². The van der Waals surface area contributed by atoms with Crippen LogP contribution in [0.25, 0.3) is 0 Å². The Morgan fingerprint density at radius 1 is 1.11 bits per heavy atom. The molecule has 0 unspecified atom stereocenters. The van der Waals surface area contributed by atoms with Crippen LogP contribution in [0.4, 0.5) is 0 Å². The molecule has 1 saturated heterocycles. The summed E-state index contributed by atoms with van der Waals surface area (Å²) in [6.07, 6.45) is 5.39. The molecule has 0 aromatic heterocycles. The van der Waals surface area contributed by atoms with Gasteiger partial charge in [-0.1, -0.05) is 29.8 Å². The molecule has 0 bridgehead atoms. The molecule has 2 aliphatic rings. The third-order valence-electron chi connectivity index (χ3n) is 4.35. The lowest BCUT2D eigenvalue weighted by Crippen LogP contribution is -2.43. The lowest BCUT2D eigenvalue weighted by Gasteiger charge is -2.35. The van der Waals surface area contributed by atoms with Crippen LogP contribution in [-0.4, -0.2) is 30.6 Å². The molecule has 0 radical (unpaired) electrons. The van der Waals surface area contributed by atoms with Crippen LogP contribution in [0.15, 0.2) is 24.3 Å². The summed E-state index contributed by atoms with van der Waals surface area (Å²) in [5.74, 6) is 0.942. The van der Waals surface area contributed by atoms with Gasteiger partial charge in [-0.25, -0.2) is 0 Å². The minimum atomic E-state index is 0.734. The van der Waals surface area contributed by atoms with E-state index in [1.54, 1.807) is 0 Å². The first-order valence-corrected chi connectivity index (χ1v) is 7.89. The highest BCUT2D eigenvalue weighted by Gasteiger charge is 2.29. The fraction of sp³-hybridized carbons (Fsp3) is 0.625. The van der Waals surface area contributed by atoms with Crippen molar-refractivity contribution < 1.29 is 0 Å². The van der Waals surface area contributed by atoms with Crippen LogP contribution in [0.3, 0.4) is 0 Å². The van der Waals surface area contributed by atoms with Gasteiger partial charge < -0.3 is 5.32 Å². The van der Waals surface area contributed by atoms with E-state index < -0.39 is 0 Å². The van der Waals surface area contributed by atoms with Crippen molar-refractivity contribution in [1.82, 2.24) is 10.2 Å². The summed E-state index contributed by atoms with van der Waals surface area (Å²) in [7, 11) is 0. The first-order valence-electron chi connectivity index (χ1n) is 7.51. The van der Waals surface area contributed by atoms with Gasteiger partial charge in [0.2, 0.25) is 0 Å². The van der Waals surface area contributed by atoms with Gasteiger partial charge in [0.15, 0.2) is 0 Å². The molecule has 2 fully saturated rings. The van der Waals surface area contributed by atoms with Gasteiger partial charge in [-0.15, -0.1) is 0 Å². The quantitative estimate of drug-likeness (QED) is 0.889. The molecule has 1 aromatic rings. The Balaban J connectivity index is 1.69. The largest absolute Gasteiger partial charge is 0.317 e. The van der Waals surface area contributed by atoms with Gasteiger partial charge in [0.05, 0.1) is 0 Å². The molecule has 1 aliphatic heterocycles. The Hall–Kier alpha value is -0.570. The highest BCUT2D eigenvalue weighted by atomic mass is 35.5. The number of benzene rings is 1. The van der Waals surface area contributed by atoms with E-state index in [1.165, 1.54) is 37.8 Å². The van der Waals surface area contributed by atoms with E-state index in [-0.39, 0.29) is 0 Å². The second-order valence-electron chi connectivity index (χ2n) is 5.95. The third-order valence-corrected chi connectivity index (χ3v) is 4.71. The molecular weight excluding hydrogens is 256 g/mol. The lowest BCUT2D eigenvalue weighted by molar-refractivity contribution is 0.147. The molecular formula is C16H23ClN2. The number of rotatable bonds is 5. The van der Waals surface area contributed by atoms with Crippen LogP contribution in [0.5, 0.6) is 0 Å². The van der Waals surface area contributed by atoms with Crippen LogP contribution in [0.2, 0.25) is 5.02 Å². The Morgan fingerprint density at radius 3 is 2.53 bits per heavy atom. The predicted octanol–water partition coefficient (Wildman–Crippen LogP) is 3.30. The molecule has 104 valence electrons. The number of hydrogen-bond acceptors (Lipinski definition) is 2. The van der Waals surface area contributed by atoms with Crippen molar-refractivity contribution in [2.75, 3.05) is 19.6 Å². The molecule has 19 heavy (non-hydrogen) atoms. The smallest absolute Gasteiger partial charge is 0.0451 e. The van der Waals surface area contributed by atoms with Crippen molar-refractivity contribution in [3.05, 3.63) is 34.9 Å². The Kier molecular flexibility index (Phi) is 4.42. The molecule has 1 aromatic carbocycles. The van der Waals surface area contributed by atoms with Crippen LogP contribution in [0, 0.1) is 5.92 Å². The zero-order chi connectivity index (χ0) is 13.1. The molecule has 3 rings (SSSR count). The van der Waals surface area contributed by atoms with E-state index in [2.05, 4.69) is 22.3 Å². The number of nitrogens with one attached hydrogen (secondary N) is 1. The van der Waals surface area contributed by atoms with Crippen LogP contribution in [-0.2, 0) is 6.54 Å². The summed E-state index contributed by atoms with van der Waals surface area (Å²) in [6.45, 7) is 4.60. The Bertz CT molecular complexity index is 411. The molecule has 0 spiro atoms. The highest BCUT2D eigenvalue weighted by Crippen LogP contribution is 2.32. The number of piperidine rings is 1. The summed E-state index contributed by atoms with van der Waals surface area (Å²) in [6, 6.07) is 9.02. The molecule has 1 N–H and O–H groups in total. The Morgan fingerprint density at radius 2 is 1.84 bits per heavy atom. The maximum Gasteiger partial charge on any atom is 0.0451 e. The van der Waals surface area contributed by atoms with Crippen molar-refractivity contribution >= 4 is 11.6 Å². The summed E-state index contributed by atoms with van der Waals surface area (Å²) < 4.78 is 0. The molecule has 2 nitrogen and oxygen atoms in total. The summed E-state index contributed by atoms with van der Waals surface area (Å²) >= 11 is 6.32. The van der Waals surface area contributed by atoms with Gasteiger partial charge >= 0.3 is 0 Å². The van der Waals surface area contributed by atoms with Crippen LogP contribution >= 0.6 is 11.6 Å². The van der Waals surface area contributed by atoms with Gasteiger partial charge in [0.25, 0.3) is 0 Å². The van der Waals surface area contributed by atoms with Crippen molar-refractivity contribution in [1.29, 1.82) is 0 Å². The molecule has 1 heterocycles. The minimum Gasteiger partial charge on any atom is -0.317 e. The van der Waals surface area contributed by atoms with E-state index in [0.29, 0.717) is 0 Å². The summed E-state index contributed by atoms with van der Waals surface area (Å²) in [4.78, 5) is 2.68. The first kappa shape index (κ1) is 13.4. The van der Waals surface area contributed by atoms with Gasteiger partial charge in [-0.05, 0) is 56.3 Å². The fourth-order valence-corrected chi connectivity index (χ4v) is 3.19. The first-order chi connectivity index (χ1) is 9.33. The second-order valence-corrected chi connectivity index (χ2v) is 6.35. The SMILES string of the molecule is Clc1ccccc1CN(CC1CC1)C1CCNCC1. The van der Waals surface area contributed by atoms with Crippen LogP contribution < -0.4 is 5.32 Å². The average Bonchev–Trinajstić information content (AvgIpc) is 3.25. The van der Waals surface area contributed by atoms with E-state index in [9.17, 15) is 0 Å². The van der Waals surface area contributed by atoms with Gasteiger partial charge in [-0.2, -0.15) is 0 Å². The van der Waals surface area contributed by atoms with E-state index in [1.807, 2.05) is 12.1 Å². The zero-order valence-electron chi connectivity index (χ0n) is 11.4. The van der Waals surface area contributed by atoms with Crippen molar-refractivity contribution in [3.8, 4) is 0 Å². The average molecular weight is 279 g/mol. The maximum absolute atomic E-state index is 6.32. The van der Waals surface area contributed by atoms with Crippen molar-refractivity contribution in [3.63, 3.8) is 0 Å². The maximum atomic E-state index is 6.32. The summed E-state index contributed by atoms with van der Waals surface area (Å²) in [5, 5.41) is 4.38. The fourth-order valence-electron chi connectivity index (χ4n) is 2.99. The van der Waals surface area contributed by atoms with Gasteiger partial charge in [-0.3, -0.25) is 4.90 Å². The lowest BCUT2D eigenvalue weighted by atomic mass is 10.0. The monoisotopic (exact) mass is 278 g/mol. The zero-order valence-corrected chi connectivity index (χ0v) is 12.2. The molecule has 0 atom stereocenters. The van der Waals surface area contributed by atoms with Gasteiger partial charge in [0.1, 0.15) is 0 Å². The third kappa shape index (κ3) is 3.71. The summed E-state index contributed by atoms with van der Waals surface area (Å²) in [5.41, 5.74) is 1.28. The molecule has 1 aliphatic carbocycles. The standard InChI is InChI=1S/C16H23ClN2/c17-16-4-2-1-3-14(16)12-19(11-13-5-6-13)15-7-9-18-10-8-15/h1-4,13,15,18H,5-12H2. The molecule has 0 amide bonds. The molecule has 1 saturated carbocycles. The van der Waals surface area contributed by atoms with Crippen LogP contribution in [0.1, 0.15) is 31.2 Å². The normalized spacial score (nSPS) is 20.9. The van der Waals surface area contributed by atoms with E-state index >= 15 is 0 Å². The second kappa shape index (κ2) is 6.25. The number of nitrogens with zero attached hydrogens (tertiary/aromatic N) is 1. The molecule has 3 heteroatoms. The number of halogens is 1. The van der Waals surface area contributed by atoms with E-state index in [4.69, 9.17) is 11.6 Å². The van der Waals surface area contributed by atoms with Gasteiger partial charge in [0, 0.05) is 24.2 Å². The predicted molar refractivity (Wildman–Crippen MR) is 80.5 cm³/mol. The van der Waals surface area contributed by atoms with E-state index in [0.717, 1.165) is 36.6 Å². The minimum absolute atomic E-state index is 0.734. The highest BCUT2D eigenvalue weighted by molar-refractivity contribution is 6.31. The Labute approximate surface area is 121 Å².